The van der Waals surface area contributed by atoms with E-state index in [2.05, 4.69) is 19.5 Å². The highest BCUT2D eigenvalue weighted by Gasteiger charge is 2.65. The number of anilines is 1. The molecule has 1 aromatic heterocycles. The molecule has 0 bridgehead atoms. The summed E-state index contributed by atoms with van der Waals surface area (Å²) < 4.78 is 21.3. The van der Waals surface area contributed by atoms with Crippen molar-refractivity contribution < 1.29 is 33.8 Å². The molecule has 3 aliphatic rings. The van der Waals surface area contributed by atoms with Crippen molar-refractivity contribution in [2.45, 2.75) is 74.5 Å². The standard InChI is InChI=1S/C21H31N4O7PS/c1-2-23-16-14(24-20(25-19(16)22)34-11-12-6-4-3-5-7-12)8-13-9-21(13)18(27)17(26)15(32-21)10-31-33(28,29)30/h2,8,12,15,17-18,26-27H,3-7,9-11H2,1H3,(H2,22,24,25)(H2,28,29,30)/b13-8+,23-2?/t15-,17-,18-,21-/m1/s1. The number of nitrogens with two attached hydrogens (primary N) is 1. The predicted molar refractivity (Wildman–Crippen MR) is 128 cm³/mol. The van der Waals surface area contributed by atoms with Gasteiger partial charge in [-0.25, -0.2) is 14.5 Å². The molecule has 2 saturated carbocycles. The first kappa shape index (κ1) is 25.7. The Morgan fingerprint density at radius 3 is 2.71 bits per heavy atom. The Hall–Kier alpha value is -1.37. The largest absolute Gasteiger partial charge is 0.469 e. The highest BCUT2D eigenvalue weighted by atomic mass is 32.2. The van der Waals surface area contributed by atoms with Gasteiger partial charge < -0.3 is 30.5 Å². The van der Waals surface area contributed by atoms with Crippen LogP contribution < -0.4 is 5.73 Å². The Labute approximate surface area is 202 Å². The van der Waals surface area contributed by atoms with Crippen LogP contribution in [0.25, 0.3) is 6.08 Å². The van der Waals surface area contributed by atoms with E-state index >= 15 is 0 Å². The van der Waals surface area contributed by atoms with E-state index in [0.717, 1.165) is 5.75 Å². The predicted octanol–water partition coefficient (Wildman–Crippen LogP) is 2.21. The number of aromatic nitrogens is 2. The van der Waals surface area contributed by atoms with Crippen LogP contribution in [-0.2, 0) is 13.8 Å². The summed E-state index contributed by atoms with van der Waals surface area (Å²) in [6, 6.07) is 0. The van der Waals surface area contributed by atoms with Gasteiger partial charge in [-0.2, -0.15) is 0 Å². The molecule has 2 aliphatic carbocycles. The number of aliphatic imine (C=N–C) groups is 1. The van der Waals surface area contributed by atoms with E-state index in [0.29, 0.717) is 34.4 Å². The van der Waals surface area contributed by atoms with Gasteiger partial charge in [0.25, 0.3) is 0 Å². The van der Waals surface area contributed by atoms with E-state index in [4.69, 9.17) is 20.3 Å². The molecule has 4 atom stereocenters. The van der Waals surface area contributed by atoms with Gasteiger partial charge in [-0.05, 0) is 37.3 Å². The van der Waals surface area contributed by atoms with E-state index in [1.807, 2.05) is 0 Å². The number of hydrogen-bond acceptors (Lipinski definition) is 10. The lowest BCUT2D eigenvalue weighted by Crippen LogP contribution is -2.35. The molecule has 0 amide bonds. The number of ether oxygens (including phenoxy) is 1. The van der Waals surface area contributed by atoms with E-state index in [9.17, 15) is 14.8 Å². The molecule has 11 nitrogen and oxygen atoms in total. The molecule has 13 heteroatoms. The lowest BCUT2D eigenvalue weighted by molar-refractivity contribution is -0.0267. The van der Waals surface area contributed by atoms with Crippen LogP contribution in [-0.4, -0.2) is 72.5 Å². The first-order chi connectivity index (χ1) is 16.1. The fourth-order valence-corrected chi connectivity index (χ4v) is 6.01. The van der Waals surface area contributed by atoms with E-state index in [1.165, 1.54) is 32.1 Å². The minimum absolute atomic E-state index is 0.252. The monoisotopic (exact) mass is 514 g/mol. The van der Waals surface area contributed by atoms with Crippen molar-refractivity contribution in [2.75, 3.05) is 18.1 Å². The lowest BCUT2D eigenvalue weighted by Gasteiger charge is -2.20. The first-order valence-electron chi connectivity index (χ1n) is 11.4. The summed E-state index contributed by atoms with van der Waals surface area (Å²) in [5, 5.41) is 21.5. The third-order valence-electron chi connectivity index (χ3n) is 6.48. The molecular weight excluding hydrogens is 483 g/mol. The Kier molecular flexibility index (Phi) is 7.80. The summed E-state index contributed by atoms with van der Waals surface area (Å²) in [6.45, 7) is 1.21. The molecule has 34 heavy (non-hydrogen) atoms. The maximum Gasteiger partial charge on any atom is 0.469 e. The smallest absolute Gasteiger partial charge is 0.387 e. The highest BCUT2D eigenvalue weighted by Crippen LogP contribution is 2.56. The van der Waals surface area contributed by atoms with Gasteiger partial charge in [-0.15, -0.1) is 0 Å². The number of nitrogens with zero attached hydrogens (tertiary/aromatic N) is 3. The molecule has 1 aliphatic heterocycles. The number of nitrogen functional groups attached to an aromatic ring is 1. The number of thioether (sulfide) groups is 1. The molecule has 6 N–H and O–H groups in total. The summed E-state index contributed by atoms with van der Waals surface area (Å²) >= 11 is 1.57. The van der Waals surface area contributed by atoms with Crippen molar-refractivity contribution in [3.05, 3.63) is 11.3 Å². The molecule has 0 unspecified atom stereocenters. The van der Waals surface area contributed by atoms with Gasteiger partial charge in [-0.3, -0.25) is 9.52 Å². The molecule has 1 aromatic rings. The van der Waals surface area contributed by atoms with Crippen molar-refractivity contribution >= 4 is 43.4 Å². The summed E-state index contributed by atoms with van der Waals surface area (Å²) in [5.41, 5.74) is 6.60. The SMILES string of the molecule is CC=Nc1c(N)nc(SCC2CCCCC2)nc1/C=C1\C[C@@]12O[C@H](COP(=O)(O)O)[C@@H](O)[C@H]2O. The average Bonchev–Trinajstić information content (AvgIpc) is 3.43. The maximum atomic E-state index is 11.0. The van der Waals surface area contributed by atoms with E-state index in [-0.39, 0.29) is 5.82 Å². The zero-order valence-electron chi connectivity index (χ0n) is 18.9. The van der Waals surface area contributed by atoms with Gasteiger partial charge in [0.15, 0.2) is 11.0 Å². The third-order valence-corrected chi connectivity index (χ3v) is 8.05. The zero-order valence-corrected chi connectivity index (χ0v) is 20.6. The van der Waals surface area contributed by atoms with Gasteiger partial charge in [0.05, 0.1) is 12.3 Å². The van der Waals surface area contributed by atoms with Crippen LogP contribution in [0, 0.1) is 5.92 Å². The summed E-state index contributed by atoms with van der Waals surface area (Å²) in [7, 11) is -4.73. The molecule has 188 valence electrons. The molecule has 2 heterocycles. The Morgan fingerprint density at radius 2 is 2.03 bits per heavy atom. The number of phosphoric acid groups is 1. The normalized spacial score (nSPS) is 31.2. The summed E-state index contributed by atoms with van der Waals surface area (Å²) in [4.78, 5) is 31.2. The van der Waals surface area contributed by atoms with Crippen molar-refractivity contribution in [1.29, 1.82) is 0 Å². The van der Waals surface area contributed by atoms with Crippen LogP contribution in [0.5, 0.6) is 0 Å². The van der Waals surface area contributed by atoms with Gasteiger partial charge in [0.1, 0.15) is 29.6 Å². The van der Waals surface area contributed by atoms with E-state index < -0.39 is 38.3 Å². The van der Waals surface area contributed by atoms with Gasteiger partial charge in [0, 0.05) is 18.4 Å². The quantitative estimate of drug-likeness (QED) is 0.148. The van der Waals surface area contributed by atoms with Gasteiger partial charge >= 0.3 is 7.82 Å². The Balaban J connectivity index is 1.53. The number of aliphatic hydroxyl groups is 2. The maximum absolute atomic E-state index is 11.0. The second kappa shape index (κ2) is 10.3. The Bertz CT molecular complexity index is 1010. The third kappa shape index (κ3) is 5.71. The second-order valence-electron chi connectivity index (χ2n) is 8.94. The van der Waals surface area contributed by atoms with E-state index in [1.54, 1.807) is 31.0 Å². The zero-order chi connectivity index (χ0) is 24.5. The molecule has 0 aromatic carbocycles. The molecule has 4 rings (SSSR count). The topological polar surface area (TPSA) is 181 Å². The molecule has 1 spiro atoms. The van der Waals surface area contributed by atoms with Crippen LogP contribution in [0.4, 0.5) is 11.5 Å². The van der Waals surface area contributed by atoms with Crippen LogP contribution >= 0.6 is 19.6 Å². The second-order valence-corrected chi connectivity index (χ2v) is 11.2. The fourth-order valence-electron chi connectivity index (χ4n) is 4.62. The minimum atomic E-state index is -4.73. The highest BCUT2D eigenvalue weighted by molar-refractivity contribution is 7.99. The first-order valence-corrected chi connectivity index (χ1v) is 13.9. The fraction of sp³-hybridized carbons (Fsp3) is 0.667. The van der Waals surface area contributed by atoms with Gasteiger partial charge in [-0.1, -0.05) is 31.0 Å². The number of hydrogen-bond donors (Lipinski definition) is 5. The average molecular weight is 515 g/mol. The molecule has 1 saturated heterocycles. The van der Waals surface area contributed by atoms with Crippen molar-refractivity contribution in [3.8, 4) is 0 Å². The molecular formula is C21H31N4O7PS. The van der Waals surface area contributed by atoms with Crippen LogP contribution in [0.1, 0.15) is 51.1 Å². The Morgan fingerprint density at radius 1 is 1.29 bits per heavy atom. The summed E-state index contributed by atoms with van der Waals surface area (Å²) in [5.74, 6) is 1.81. The minimum Gasteiger partial charge on any atom is -0.387 e. The lowest BCUT2D eigenvalue weighted by atomic mass is 9.91. The molecule has 0 radical (unpaired) electrons. The number of aliphatic hydroxyl groups excluding tert-OH is 2. The van der Waals surface area contributed by atoms with Crippen LogP contribution in [0.2, 0.25) is 0 Å². The number of rotatable bonds is 8. The number of phosphoric ester groups is 1. The van der Waals surface area contributed by atoms with Crippen LogP contribution in [0.15, 0.2) is 15.7 Å². The van der Waals surface area contributed by atoms with Crippen molar-refractivity contribution in [2.24, 2.45) is 10.9 Å². The molecule has 3 fully saturated rings. The van der Waals surface area contributed by atoms with Crippen molar-refractivity contribution in [3.63, 3.8) is 0 Å². The van der Waals surface area contributed by atoms with Gasteiger partial charge in [0.2, 0.25) is 0 Å². The van der Waals surface area contributed by atoms with Crippen LogP contribution in [0.3, 0.4) is 0 Å². The van der Waals surface area contributed by atoms with Crippen molar-refractivity contribution in [1.82, 2.24) is 9.97 Å². The summed E-state index contributed by atoms with van der Waals surface area (Å²) in [6.07, 6.45) is 6.16.